The molecule has 0 amide bonds. The molecule has 0 spiro atoms. The van der Waals surface area contributed by atoms with Crippen LogP contribution in [-0.4, -0.2) is 29.8 Å². The van der Waals surface area contributed by atoms with E-state index in [1.54, 1.807) is 0 Å². The van der Waals surface area contributed by atoms with Gasteiger partial charge in [0.15, 0.2) is 11.6 Å². The Kier molecular flexibility index (Phi) is 2.59. The van der Waals surface area contributed by atoms with Gasteiger partial charge >= 0.3 is 12.1 Å². The maximum absolute atomic E-state index is 11.7. The van der Waals surface area contributed by atoms with Crippen LogP contribution in [-0.2, 0) is 19.1 Å². The highest BCUT2D eigenvalue weighted by Gasteiger charge is 2.46. The molecule has 0 unspecified atom stereocenters. The number of rotatable bonds is 1. The molecule has 1 rings (SSSR count). The second kappa shape index (κ2) is 3.39. The Morgan fingerprint density at radius 3 is 2.00 bits per heavy atom. The highest BCUT2D eigenvalue weighted by Crippen LogP contribution is 2.21. The summed E-state index contributed by atoms with van der Waals surface area (Å²) in [6, 6.07) is 0. The fourth-order valence-electron chi connectivity index (χ4n) is 0.993. The molecule has 0 heterocycles. The maximum Gasteiger partial charge on any atom is 0.490 e. The van der Waals surface area contributed by atoms with Crippen molar-refractivity contribution in [3.63, 3.8) is 0 Å². The fraction of sp³-hybridized carbons (Fsp3) is 0.571. The fourth-order valence-corrected chi connectivity index (χ4v) is 0.993. The van der Waals surface area contributed by atoms with Crippen LogP contribution >= 0.6 is 0 Å². The van der Waals surface area contributed by atoms with Gasteiger partial charge in [-0.3, -0.25) is 9.59 Å². The van der Waals surface area contributed by atoms with E-state index in [1.807, 2.05) is 0 Å². The van der Waals surface area contributed by atoms with E-state index in [0.29, 0.717) is 0 Å². The molecule has 78 valence electrons. The van der Waals surface area contributed by atoms with Crippen LogP contribution in [0.15, 0.2) is 0 Å². The third kappa shape index (κ3) is 2.09. The first-order valence-electron chi connectivity index (χ1n) is 3.65. The Hall–Kier alpha value is -1.40. The minimum absolute atomic E-state index is 0.172. The van der Waals surface area contributed by atoms with Gasteiger partial charge in [-0.05, 0) is 0 Å². The van der Waals surface area contributed by atoms with Crippen molar-refractivity contribution in [2.24, 2.45) is 0 Å². The van der Waals surface area contributed by atoms with Crippen LogP contribution in [0.5, 0.6) is 0 Å². The van der Waals surface area contributed by atoms with Crippen molar-refractivity contribution in [2.45, 2.75) is 25.1 Å². The summed E-state index contributed by atoms with van der Waals surface area (Å²) < 4.78 is 38.7. The second-order valence-corrected chi connectivity index (χ2v) is 2.72. The number of esters is 1. The zero-order valence-electron chi connectivity index (χ0n) is 6.76. The van der Waals surface area contributed by atoms with Gasteiger partial charge in [0.25, 0.3) is 0 Å². The van der Waals surface area contributed by atoms with Gasteiger partial charge in [-0.15, -0.1) is 0 Å². The standard InChI is InChI=1S/C7H5F3O4/c8-7(9,10)6(13)14-5-3(11)1-2-4(5)12/h5H,1-2H2. The molecule has 0 aromatic carbocycles. The van der Waals surface area contributed by atoms with Gasteiger partial charge in [0.05, 0.1) is 0 Å². The highest BCUT2D eigenvalue weighted by molar-refractivity contribution is 6.12. The van der Waals surface area contributed by atoms with E-state index in [1.165, 1.54) is 0 Å². The summed E-state index contributed by atoms with van der Waals surface area (Å²) in [5.41, 5.74) is 0. The molecular weight excluding hydrogens is 205 g/mol. The van der Waals surface area contributed by atoms with Crippen LogP contribution in [0.1, 0.15) is 12.8 Å². The summed E-state index contributed by atoms with van der Waals surface area (Å²) in [5, 5.41) is 0. The quantitative estimate of drug-likeness (QED) is 0.464. The molecule has 0 saturated heterocycles. The number of carbonyl (C=O) groups excluding carboxylic acids is 3. The summed E-state index contributed by atoms with van der Waals surface area (Å²) in [7, 11) is 0. The van der Waals surface area contributed by atoms with E-state index < -0.39 is 29.8 Å². The molecular formula is C7H5F3O4. The molecule has 0 bridgehead atoms. The van der Waals surface area contributed by atoms with Gasteiger partial charge in [-0.1, -0.05) is 0 Å². The van der Waals surface area contributed by atoms with Crippen molar-refractivity contribution in [2.75, 3.05) is 0 Å². The number of hydrogen-bond donors (Lipinski definition) is 0. The Labute approximate surface area is 76.0 Å². The monoisotopic (exact) mass is 210 g/mol. The van der Waals surface area contributed by atoms with E-state index in [2.05, 4.69) is 4.74 Å². The van der Waals surface area contributed by atoms with E-state index in [-0.39, 0.29) is 12.8 Å². The minimum Gasteiger partial charge on any atom is -0.440 e. The maximum atomic E-state index is 11.7. The van der Waals surface area contributed by atoms with Crippen LogP contribution in [0, 0.1) is 0 Å². The first-order chi connectivity index (χ1) is 6.32. The van der Waals surface area contributed by atoms with Crippen LogP contribution in [0.2, 0.25) is 0 Å². The van der Waals surface area contributed by atoms with Crippen molar-refractivity contribution < 1.29 is 32.3 Å². The van der Waals surface area contributed by atoms with Gasteiger partial charge in [0, 0.05) is 12.8 Å². The van der Waals surface area contributed by atoms with Crippen molar-refractivity contribution >= 4 is 17.5 Å². The average molecular weight is 210 g/mol. The van der Waals surface area contributed by atoms with Crippen LogP contribution < -0.4 is 0 Å². The van der Waals surface area contributed by atoms with Gasteiger partial charge in [-0.2, -0.15) is 13.2 Å². The SMILES string of the molecule is O=C1CCC(=O)C1OC(=O)C(F)(F)F. The number of ether oxygens (including phenoxy) is 1. The number of Topliss-reactive ketones (excluding diaryl/α,β-unsaturated/α-hetero) is 2. The molecule has 0 radical (unpaired) electrons. The molecule has 7 heteroatoms. The molecule has 4 nitrogen and oxygen atoms in total. The topological polar surface area (TPSA) is 60.4 Å². The molecule has 0 N–H and O–H groups in total. The molecule has 0 atom stereocenters. The predicted octanol–water partition coefficient (Wildman–Crippen LogP) is 0.393. The number of carbonyl (C=O) groups is 3. The summed E-state index contributed by atoms with van der Waals surface area (Å²) in [6.45, 7) is 0. The van der Waals surface area contributed by atoms with E-state index in [4.69, 9.17) is 0 Å². The van der Waals surface area contributed by atoms with Gasteiger partial charge in [0.2, 0.25) is 6.10 Å². The third-order valence-electron chi connectivity index (χ3n) is 1.66. The largest absolute Gasteiger partial charge is 0.490 e. The van der Waals surface area contributed by atoms with E-state index in [0.717, 1.165) is 0 Å². The van der Waals surface area contributed by atoms with Crippen LogP contribution in [0.4, 0.5) is 13.2 Å². The predicted molar refractivity (Wildman–Crippen MR) is 35.2 cm³/mol. The van der Waals surface area contributed by atoms with Gasteiger partial charge in [-0.25, -0.2) is 4.79 Å². The van der Waals surface area contributed by atoms with Crippen molar-refractivity contribution in [3.8, 4) is 0 Å². The normalized spacial score (nSPS) is 18.8. The summed E-state index contributed by atoms with van der Waals surface area (Å²) in [4.78, 5) is 31.8. The molecule has 1 saturated carbocycles. The number of hydrogen-bond acceptors (Lipinski definition) is 4. The third-order valence-corrected chi connectivity index (χ3v) is 1.66. The average Bonchev–Trinajstić information content (AvgIpc) is 2.34. The smallest absolute Gasteiger partial charge is 0.440 e. The number of halogens is 3. The van der Waals surface area contributed by atoms with Gasteiger partial charge in [0.1, 0.15) is 0 Å². The zero-order chi connectivity index (χ0) is 10.9. The molecule has 0 aromatic rings. The highest BCUT2D eigenvalue weighted by atomic mass is 19.4. The minimum atomic E-state index is -5.18. The first-order valence-corrected chi connectivity index (χ1v) is 3.65. The molecule has 0 aliphatic heterocycles. The van der Waals surface area contributed by atoms with Crippen molar-refractivity contribution in [3.05, 3.63) is 0 Å². The van der Waals surface area contributed by atoms with E-state index in [9.17, 15) is 27.6 Å². The Balaban J connectivity index is 2.65. The molecule has 1 aliphatic rings. The first kappa shape index (κ1) is 10.7. The number of alkyl halides is 3. The van der Waals surface area contributed by atoms with E-state index >= 15 is 0 Å². The lowest BCUT2D eigenvalue weighted by molar-refractivity contribution is -0.204. The summed E-state index contributed by atoms with van der Waals surface area (Å²) >= 11 is 0. The lowest BCUT2D eigenvalue weighted by Crippen LogP contribution is -2.35. The molecule has 0 aromatic heterocycles. The Morgan fingerprint density at radius 2 is 1.64 bits per heavy atom. The van der Waals surface area contributed by atoms with Crippen LogP contribution in [0.3, 0.4) is 0 Å². The lowest BCUT2D eigenvalue weighted by Gasteiger charge is -2.10. The molecule has 14 heavy (non-hydrogen) atoms. The summed E-state index contributed by atoms with van der Waals surface area (Å²) in [5.74, 6) is -4.08. The van der Waals surface area contributed by atoms with Crippen LogP contribution in [0.25, 0.3) is 0 Å². The second-order valence-electron chi connectivity index (χ2n) is 2.72. The van der Waals surface area contributed by atoms with Crippen molar-refractivity contribution in [1.29, 1.82) is 0 Å². The molecule has 1 aliphatic carbocycles. The number of ketones is 2. The molecule has 1 fully saturated rings. The zero-order valence-corrected chi connectivity index (χ0v) is 6.76. The van der Waals surface area contributed by atoms with Gasteiger partial charge < -0.3 is 4.74 Å². The Bertz CT molecular complexity index is 278. The Morgan fingerprint density at radius 1 is 1.21 bits per heavy atom. The summed E-state index contributed by atoms with van der Waals surface area (Å²) in [6.07, 6.45) is -7.38. The lowest BCUT2D eigenvalue weighted by atomic mass is 10.3. The van der Waals surface area contributed by atoms with Crippen molar-refractivity contribution in [1.82, 2.24) is 0 Å².